The summed E-state index contributed by atoms with van der Waals surface area (Å²) in [4.78, 5) is 16.2. The Balaban J connectivity index is 1.37. The van der Waals surface area contributed by atoms with Crippen LogP contribution in [0.5, 0.6) is 5.75 Å². The number of hydrogen-bond donors (Lipinski definition) is 0. The van der Waals surface area contributed by atoms with Gasteiger partial charge in [-0.15, -0.1) is 0 Å². The van der Waals surface area contributed by atoms with Gasteiger partial charge in [0.2, 0.25) is 0 Å². The van der Waals surface area contributed by atoms with Gasteiger partial charge in [-0.25, -0.2) is 0 Å². The Morgan fingerprint density at radius 3 is 2.57 bits per heavy atom. The predicted molar refractivity (Wildman–Crippen MR) is 79.3 cm³/mol. The van der Waals surface area contributed by atoms with Crippen molar-refractivity contribution in [2.75, 3.05) is 45.9 Å². The number of carbonyl (C=O) groups is 1. The van der Waals surface area contributed by atoms with Crippen molar-refractivity contribution in [1.29, 1.82) is 0 Å². The van der Waals surface area contributed by atoms with Crippen LogP contribution in [0.15, 0.2) is 30.3 Å². The second kappa shape index (κ2) is 6.91. The Morgan fingerprint density at radius 1 is 1.14 bits per heavy atom. The van der Waals surface area contributed by atoms with Crippen molar-refractivity contribution in [2.24, 2.45) is 0 Å². The Kier molecular flexibility index (Phi) is 4.72. The molecule has 0 saturated carbocycles. The second-order valence-corrected chi connectivity index (χ2v) is 5.51. The van der Waals surface area contributed by atoms with Crippen molar-refractivity contribution in [3.8, 4) is 5.75 Å². The highest BCUT2D eigenvalue weighted by atomic mass is 16.5. The van der Waals surface area contributed by atoms with E-state index >= 15 is 0 Å². The highest BCUT2D eigenvalue weighted by molar-refractivity contribution is 5.77. The van der Waals surface area contributed by atoms with Crippen LogP contribution in [-0.2, 0) is 9.53 Å². The van der Waals surface area contributed by atoms with Gasteiger partial charge in [-0.3, -0.25) is 14.6 Å². The summed E-state index contributed by atoms with van der Waals surface area (Å²) in [7, 11) is 0. The number of hydrogen-bond acceptors (Lipinski definition) is 5. The molecule has 0 unspecified atom stereocenters. The Labute approximate surface area is 125 Å². The smallest absolute Gasteiger partial charge is 0.323 e. The van der Waals surface area contributed by atoms with Gasteiger partial charge in [0.05, 0.1) is 6.61 Å². The largest absolute Gasteiger partial charge is 0.492 e. The summed E-state index contributed by atoms with van der Waals surface area (Å²) in [6.07, 6.45) is 0.843. The lowest BCUT2D eigenvalue weighted by atomic mass is 10.2. The number of ether oxygens (including phenoxy) is 2. The molecule has 5 nitrogen and oxygen atoms in total. The molecule has 3 rings (SSSR count). The lowest BCUT2D eigenvalue weighted by Gasteiger charge is -2.36. The molecule has 1 aromatic carbocycles. The fourth-order valence-electron chi connectivity index (χ4n) is 2.92. The first kappa shape index (κ1) is 14.4. The van der Waals surface area contributed by atoms with Crippen LogP contribution < -0.4 is 4.74 Å². The van der Waals surface area contributed by atoms with Crippen molar-refractivity contribution < 1.29 is 14.3 Å². The highest BCUT2D eigenvalue weighted by Crippen LogP contribution is 2.16. The maximum atomic E-state index is 11.6. The van der Waals surface area contributed by atoms with E-state index in [4.69, 9.17) is 9.47 Å². The van der Waals surface area contributed by atoms with Gasteiger partial charge in [0, 0.05) is 39.1 Å². The summed E-state index contributed by atoms with van der Waals surface area (Å²) in [5.74, 6) is 0.876. The summed E-state index contributed by atoms with van der Waals surface area (Å²) < 4.78 is 10.8. The van der Waals surface area contributed by atoms with Crippen LogP contribution in [0.25, 0.3) is 0 Å². The van der Waals surface area contributed by atoms with Crippen LogP contribution in [-0.4, -0.2) is 67.7 Å². The summed E-state index contributed by atoms with van der Waals surface area (Å²) >= 11 is 0. The molecule has 2 fully saturated rings. The van der Waals surface area contributed by atoms with E-state index in [9.17, 15) is 4.79 Å². The van der Waals surface area contributed by atoms with Crippen molar-refractivity contribution in [3.63, 3.8) is 0 Å². The molecule has 1 aromatic rings. The van der Waals surface area contributed by atoms with Crippen molar-refractivity contribution in [3.05, 3.63) is 30.3 Å². The number of rotatable bonds is 5. The maximum Gasteiger partial charge on any atom is 0.323 e. The fourth-order valence-corrected chi connectivity index (χ4v) is 2.92. The van der Waals surface area contributed by atoms with Gasteiger partial charge >= 0.3 is 5.97 Å². The molecule has 0 N–H and O–H groups in total. The molecule has 0 aromatic heterocycles. The van der Waals surface area contributed by atoms with E-state index in [1.165, 1.54) is 0 Å². The summed E-state index contributed by atoms with van der Waals surface area (Å²) in [5, 5.41) is 0. The van der Waals surface area contributed by atoms with E-state index in [1.807, 2.05) is 30.3 Å². The second-order valence-electron chi connectivity index (χ2n) is 5.51. The van der Waals surface area contributed by atoms with Crippen LogP contribution in [0.3, 0.4) is 0 Å². The van der Waals surface area contributed by atoms with Gasteiger partial charge in [-0.2, -0.15) is 0 Å². The fraction of sp³-hybridized carbons (Fsp3) is 0.562. The average Bonchev–Trinajstić information content (AvgIpc) is 2.95. The monoisotopic (exact) mass is 290 g/mol. The van der Waals surface area contributed by atoms with E-state index in [0.717, 1.165) is 44.9 Å². The minimum absolute atomic E-state index is 0.00674. The van der Waals surface area contributed by atoms with Gasteiger partial charge in [0.25, 0.3) is 0 Å². The van der Waals surface area contributed by atoms with E-state index in [0.29, 0.717) is 13.2 Å². The molecule has 1 atom stereocenters. The number of carbonyl (C=O) groups excluding carboxylic acids is 1. The molecule has 0 amide bonds. The Bertz CT molecular complexity index is 458. The average molecular weight is 290 g/mol. The van der Waals surface area contributed by atoms with Crippen molar-refractivity contribution >= 4 is 5.97 Å². The molecular weight excluding hydrogens is 268 g/mol. The standard InChI is InChI=1S/C16H22N2O3/c19-16-15(6-12-21-16)18-9-7-17(8-10-18)11-13-20-14-4-2-1-3-5-14/h1-5,15H,6-13H2/t15-/m0/s1. The number of benzene rings is 1. The molecule has 21 heavy (non-hydrogen) atoms. The topological polar surface area (TPSA) is 42.0 Å². The van der Waals surface area contributed by atoms with Gasteiger partial charge in [-0.1, -0.05) is 18.2 Å². The van der Waals surface area contributed by atoms with Crippen LogP contribution in [0.2, 0.25) is 0 Å². The van der Waals surface area contributed by atoms with Crippen LogP contribution >= 0.6 is 0 Å². The zero-order valence-electron chi connectivity index (χ0n) is 12.2. The predicted octanol–water partition coefficient (Wildman–Crippen LogP) is 0.998. The lowest BCUT2D eigenvalue weighted by Crippen LogP contribution is -2.52. The highest BCUT2D eigenvalue weighted by Gasteiger charge is 2.33. The van der Waals surface area contributed by atoms with Crippen LogP contribution in [0, 0.1) is 0 Å². The molecule has 0 aliphatic carbocycles. The van der Waals surface area contributed by atoms with Crippen LogP contribution in [0.4, 0.5) is 0 Å². The first-order chi connectivity index (χ1) is 10.3. The third-order valence-electron chi connectivity index (χ3n) is 4.17. The molecule has 2 aliphatic rings. The maximum absolute atomic E-state index is 11.6. The Morgan fingerprint density at radius 2 is 1.90 bits per heavy atom. The van der Waals surface area contributed by atoms with Crippen LogP contribution in [0.1, 0.15) is 6.42 Å². The number of esters is 1. The first-order valence-electron chi connectivity index (χ1n) is 7.64. The van der Waals surface area contributed by atoms with Crippen molar-refractivity contribution in [2.45, 2.75) is 12.5 Å². The number of para-hydroxylation sites is 1. The SMILES string of the molecule is O=C1OCC[C@@H]1N1CCN(CCOc2ccccc2)CC1. The molecule has 0 bridgehead atoms. The number of piperazine rings is 1. The molecule has 0 radical (unpaired) electrons. The summed E-state index contributed by atoms with van der Waals surface area (Å²) in [5.41, 5.74) is 0. The quantitative estimate of drug-likeness (QED) is 0.757. The summed E-state index contributed by atoms with van der Waals surface area (Å²) in [6.45, 7) is 6.06. The van der Waals surface area contributed by atoms with Gasteiger partial charge < -0.3 is 9.47 Å². The Hall–Kier alpha value is -1.59. The number of cyclic esters (lactones) is 1. The third-order valence-corrected chi connectivity index (χ3v) is 4.17. The van der Waals surface area contributed by atoms with Gasteiger partial charge in [-0.05, 0) is 12.1 Å². The molecule has 0 spiro atoms. The zero-order valence-corrected chi connectivity index (χ0v) is 12.2. The normalized spacial score (nSPS) is 24.0. The van der Waals surface area contributed by atoms with E-state index < -0.39 is 0 Å². The zero-order chi connectivity index (χ0) is 14.5. The third kappa shape index (κ3) is 3.74. The molecule has 2 heterocycles. The molecule has 5 heteroatoms. The minimum Gasteiger partial charge on any atom is -0.492 e. The van der Waals surface area contributed by atoms with Gasteiger partial charge in [0.1, 0.15) is 18.4 Å². The van der Waals surface area contributed by atoms with E-state index in [1.54, 1.807) is 0 Å². The lowest BCUT2D eigenvalue weighted by molar-refractivity contribution is -0.142. The van der Waals surface area contributed by atoms with E-state index in [2.05, 4.69) is 9.80 Å². The first-order valence-corrected chi connectivity index (χ1v) is 7.64. The molecule has 2 saturated heterocycles. The minimum atomic E-state index is -0.0455. The molecule has 114 valence electrons. The van der Waals surface area contributed by atoms with E-state index in [-0.39, 0.29) is 12.0 Å². The molecule has 2 aliphatic heterocycles. The van der Waals surface area contributed by atoms with Gasteiger partial charge in [0.15, 0.2) is 0 Å². The summed E-state index contributed by atoms with van der Waals surface area (Å²) in [6, 6.07) is 9.89. The number of nitrogens with zero attached hydrogens (tertiary/aromatic N) is 2. The molecular formula is C16H22N2O3. The van der Waals surface area contributed by atoms with Crippen molar-refractivity contribution in [1.82, 2.24) is 9.80 Å².